The second-order valence-electron chi connectivity index (χ2n) is 6.57. The number of nitrogens with one attached hydrogen (secondary N) is 2. The molecule has 2 N–H and O–H groups in total. The lowest BCUT2D eigenvalue weighted by Gasteiger charge is -2.16. The van der Waals surface area contributed by atoms with E-state index in [2.05, 4.69) is 40.5 Å². The number of aromatic nitrogens is 2. The van der Waals surface area contributed by atoms with E-state index in [1.807, 2.05) is 19.1 Å². The molecule has 0 spiro atoms. The molecule has 0 fully saturated rings. The number of halogens is 1. The highest BCUT2D eigenvalue weighted by atomic mass is 19.1. The number of carbonyl (C=O) groups is 1. The minimum Gasteiger partial charge on any atom is -0.338 e. The fourth-order valence-electron chi connectivity index (χ4n) is 2.71. The molecule has 0 aliphatic carbocycles. The third-order valence-corrected chi connectivity index (χ3v) is 4.17. The summed E-state index contributed by atoms with van der Waals surface area (Å²) < 4.78 is 12.9. The van der Waals surface area contributed by atoms with Gasteiger partial charge in [0.05, 0.1) is 12.4 Å². The van der Waals surface area contributed by atoms with Crippen molar-refractivity contribution in [1.82, 2.24) is 9.97 Å². The number of benzene rings is 2. The van der Waals surface area contributed by atoms with Crippen molar-refractivity contribution in [3.63, 3.8) is 0 Å². The molecule has 0 aliphatic rings. The molecule has 0 aliphatic heterocycles. The van der Waals surface area contributed by atoms with Crippen molar-refractivity contribution in [2.45, 2.75) is 26.7 Å². The Morgan fingerprint density at radius 1 is 1.04 bits per heavy atom. The van der Waals surface area contributed by atoms with Crippen LogP contribution < -0.4 is 10.6 Å². The first kappa shape index (κ1) is 18.5. The smallest absolute Gasteiger partial charge is 0.275 e. The van der Waals surface area contributed by atoms with Gasteiger partial charge in [0.25, 0.3) is 5.91 Å². The van der Waals surface area contributed by atoms with E-state index >= 15 is 0 Å². The first-order valence-electron chi connectivity index (χ1n) is 8.69. The van der Waals surface area contributed by atoms with Gasteiger partial charge in [0.2, 0.25) is 0 Å². The summed E-state index contributed by atoms with van der Waals surface area (Å²) in [4.78, 5) is 20.7. The number of carbonyl (C=O) groups excluding carboxylic acids is 1. The maximum Gasteiger partial charge on any atom is 0.275 e. The molecule has 0 radical (unpaired) electrons. The summed E-state index contributed by atoms with van der Waals surface area (Å²) >= 11 is 0. The van der Waals surface area contributed by atoms with E-state index < -0.39 is 5.91 Å². The molecule has 0 saturated heterocycles. The predicted molar refractivity (Wildman–Crippen MR) is 105 cm³/mol. The van der Waals surface area contributed by atoms with Crippen LogP contribution in [0.3, 0.4) is 0 Å². The van der Waals surface area contributed by atoms with Crippen LogP contribution in [-0.2, 0) is 0 Å². The van der Waals surface area contributed by atoms with Gasteiger partial charge in [-0.2, -0.15) is 0 Å². The molecular weight excluding hydrogens is 343 g/mol. The van der Waals surface area contributed by atoms with Crippen LogP contribution in [0.4, 0.5) is 21.6 Å². The Bertz CT molecular complexity index is 937. The predicted octanol–water partition coefficient (Wildman–Crippen LogP) is 5.04. The Kier molecular flexibility index (Phi) is 5.45. The maximum absolute atomic E-state index is 12.9. The molecule has 27 heavy (non-hydrogen) atoms. The first-order chi connectivity index (χ1) is 12.9. The molecule has 0 bridgehead atoms. The normalized spacial score (nSPS) is 10.7. The van der Waals surface area contributed by atoms with Crippen molar-refractivity contribution in [1.29, 1.82) is 0 Å². The van der Waals surface area contributed by atoms with E-state index in [9.17, 15) is 9.18 Å². The van der Waals surface area contributed by atoms with Crippen molar-refractivity contribution in [3.05, 3.63) is 77.5 Å². The topological polar surface area (TPSA) is 66.9 Å². The number of amides is 1. The summed E-state index contributed by atoms with van der Waals surface area (Å²) in [5.74, 6) is 0.158. The molecule has 1 heterocycles. The summed E-state index contributed by atoms with van der Waals surface area (Å²) in [7, 11) is 0. The lowest BCUT2D eigenvalue weighted by atomic mass is 9.98. The Balaban J connectivity index is 1.74. The highest BCUT2D eigenvalue weighted by Gasteiger charge is 2.12. The quantitative estimate of drug-likeness (QED) is 0.665. The fourth-order valence-corrected chi connectivity index (χ4v) is 2.71. The van der Waals surface area contributed by atoms with E-state index in [0.717, 1.165) is 11.3 Å². The molecule has 138 valence electrons. The lowest BCUT2D eigenvalue weighted by Crippen LogP contribution is -2.14. The third-order valence-electron chi connectivity index (χ3n) is 4.17. The van der Waals surface area contributed by atoms with Gasteiger partial charge in [-0.25, -0.2) is 14.4 Å². The van der Waals surface area contributed by atoms with Crippen LogP contribution in [0.25, 0.3) is 0 Å². The molecule has 6 heteroatoms. The standard InChI is InChI=1S/C21H21FN4O/c1-13(2)17-6-4-5-14(3)20(17)26-19-12-23-18(11-24-19)21(27)25-16-9-7-15(22)8-10-16/h4-13H,1-3H3,(H,24,26)(H,25,27). The van der Waals surface area contributed by atoms with Gasteiger partial charge in [-0.1, -0.05) is 32.0 Å². The third kappa shape index (κ3) is 4.47. The zero-order valence-corrected chi connectivity index (χ0v) is 15.5. The molecular formula is C21H21FN4O. The fraction of sp³-hybridized carbons (Fsp3) is 0.190. The van der Waals surface area contributed by atoms with Gasteiger partial charge in [0, 0.05) is 11.4 Å². The zero-order valence-electron chi connectivity index (χ0n) is 15.5. The molecule has 1 amide bonds. The maximum atomic E-state index is 12.9. The Hall–Kier alpha value is -3.28. The average Bonchev–Trinajstić information content (AvgIpc) is 2.65. The van der Waals surface area contributed by atoms with E-state index in [1.54, 1.807) is 0 Å². The van der Waals surface area contributed by atoms with Crippen LogP contribution in [0, 0.1) is 12.7 Å². The van der Waals surface area contributed by atoms with Crippen molar-refractivity contribution in [3.8, 4) is 0 Å². The summed E-state index contributed by atoms with van der Waals surface area (Å²) in [6, 6.07) is 11.7. The second-order valence-corrected chi connectivity index (χ2v) is 6.57. The molecule has 5 nitrogen and oxygen atoms in total. The number of nitrogens with zero attached hydrogens (tertiary/aromatic N) is 2. The van der Waals surface area contributed by atoms with Crippen molar-refractivity contribution in [2.75, 3.05) is 10.6 Å². The van der Waals surface area contributed by atoms with Gasteiger partial charge in [-0.3, -0.25) is 4.79 Å². The summed E-state index contributed by atoms with van der Waals surface area (Å²) in [5.41, 5.74) is 3.98. The molecule has 1 aromatic heterocycles. The van der Waals surface area contributed by atoms with Crippen molar-refractivity contribution >= 4 is 23.1 Å². The van der Waals surface area contributed by atoms with Gasteiger partial charge in [0.15, 0.2) is 0 Å². The minimum atomic E-state index is -0.403. The van der Waals surface area contributed by atoms with Crippen LogP contribution in [0.2, 0.25) is 0 Å². The number of para-hydroxylation sites is 1. The van der Waals surface area contributed by atoms with Gasteiger partial charge < -0.3 is 10.6 Å². The zero-order chi connectivity index (χ0) is 19.4. The van der Waals surface area contributed by atoms with E-state index in [4.69, 9.17) is 0 Å². The summed E-state index contributed by atoms with van der Waals surface area (Å²) in [5, 5.41) is 5.96. The average molecular weight is 364 g/mol. The first-order valence-corrected chi connectivity index (χ1v) is 8.69. The van der Waals surface area contributed by atoms with Gasteiger partial charge in [-0.15, -0.1) is 0 Å². The molecule has 2 aromatic carbocycles. The molecule has 0 unspecified atom stereocenters. The van der Waals surface area contributed by atoms with Crippen LogP contribution in [-0.4, -0.2) is 15.9 Å². The number of rotatable bonds is 5. The number of anilines is 3. The monoisotopic (exact) mass is 364 g/mol. The van der Waals surface area contributed by atoms with E-state index in [-0.39, 0.29) is 11.5 Å². The molecule has 3 aromatic rings. The Morgan fingerprint density at radius 3 is 2.41 bits per heavy atom. The number of hydrogen-bond acceptors (Lipinski definition) is 4. The second kappa shape index (κ2) is 7.95. The number of hydrogen-bond donors (Lipinski definition) is 2. The van der Waals surface area contributed by atoms with E-state index in [0.29, 0.717) is 17.4 Å². The lowest BCUT2D eigenvalue weighted by molar-refractivity contribution is 0.102. The van der Waals surface area contributed by atoms with Crippen LogP contribution in [0.5, 0.6) is 0 Å². The SMILES string of the molecule is Cc1cccc(C(C)C)c1Nc1cnc(C(=O)Nc2ccc(F)cc2)cn1. The van der Waals surface area contributed by atoms with E-state index in [1.165, 1.54) is 42.2 Å². The van der Waals surface area contributed by atoms with Crippen LogP contribution in [0.15, 0.2) is 54.9 Å². The van der Waals surface area contributed by atoms with Crippen molar-refractivity contribution < 1.29 is 9.18 Å². The van der Waals surface area contributed by atoms with Gasteiger partial charge in [0.1, 0.15) is 17.3 Å². The summed E-state index contributed by atoms with van der Waals surface area (Å²) in [6.07, 6.45) is 2.94. The number of aryl methyl sites for hydroxylation is 1. The Morgan fingerprint density at radius 2 is 1.78 bits per heavy atom. The van der Waals surface area contributed by atoms with Gasteiger partial charge >= 0.3 is 0 Å². The van der Waals surface area contributed by atoms with Crippen LogP contribution in [0.1, 0.15) is 41.4 Å². The largest absolute Gasteiger partial charge is 0.338 e. The van der Waals surface area contributed by atoms with Crippen molar-refractivity contribution in [2.24, 2.45) is 0 Å². The van der Waals surface area contributed by atoms with Gasteiger partial charge in [-0.05, 0) is 48.2 Å². The highest BCUT2D eigenvalue weighted by Crippen LogP contribution is 2.29. The van der Waals surface area contributed by atoms with Crippen LogP contribution >= 0.6 is 0 Å². The Labute approximate surface area is 157 Å². The minimum absolute atomic E-state index is 0.179. The summed E-state index contributed by atoms with van der Waals surface area (Å²) in [6.45, 7) is 6.30. The molecule has 0 atom stereocenters. The highest BCUT2D eigenvalue weighted by molar-refractivity contribution is 6.02. The molecule has 0 saturated carbocycles. The molecule has 3 rings (SSSR count).